The molecule has 0 unspecified atom stereocenters. The Labute approximate surface area is 178 Å². The highest BCUT2D eigenvalue weighted by Gasteiger charge is 2.18. The molecule has 3 rings (SSSR count). The average Bonchev–Trinajstić information content (AvgIpc) is 2.69. The summed E-state index contributed by atoms with van der Waals surface area (Å²) in [5.74, 6) is 0.484. The van der Waals surface area contributed by atoms with Crippen molar-refractivity contribution in [1.82, 2.24) is 5.32 Å². The number of thiocarbonyl (C=S) groups is 1. The number of anilines is 2. The minimum Gasteiger partial charge on any atom is -0.491 e. The second-order valence-electron chi connectivity index (χ2n) is 7.68. The predicted octanol–water partition coefficient (Wildman–Crippen LogP) is 4.98. The molecule has 2 aromatic carbocycles. The number of hydrogen-bond donors (Lipinski definition) is 2. The van der Waals surface area contributed by atoms with Crippen molar-refractivity contribution in [3.8, 4) is 5.75 Å². The third-order valence-corrected chi connectivity index (χ3v) is 5.18. The van der Waals surface area contributed by atoms with Gasteiger partial charge in [-0.1, -0.05) is 0 Å². The Balaban J connectivity index is 1.54. The SMILES string of the molecule is CC(C)Oc1ccc(C(=O)NC(=S)Nc2ccc(N3CCCC[C@@H]3C)cc2)cc1. The van der Waals surface area contributed by atoms with Gasteiger partial charge in [0.1, 0.15) is 5.75 Å². The molecule has 0 aliphatic carbocycles. The van der Waals surface area contributed by atoms with Gasteiger partial charge in [0.15, 0.2) is 5.11 Å². The molecule has 0 radical (unpaired) electrons. The maximum atomic E-state index is 12.4. The van der Waals surface area contributed by atoms with Gasteiger partial charge in [0.2, 0.25) is 0 Å². The molecular weight excluding hydrogens is 382 g/mol. The Kier molecular flexibility index (Phi) is 7.09. The van der Waals surface area contributed by atoms with Crippen LogP contribution in [0.4, 0.5) is 11.4 Å². The summed E-state index contributed by atoms with van der Waals surface area (Å²) >= 11 is 5.29. The third kappa shape index (κ3) is 5.94. The average molecular weight is 412 g/mol. The van der Waals surface area contributed by atoms with Crippen LogP contribution in [-0.2, 0) is 0 Å². The van der Waals surface area contributed by atoms with Crippen LogP contribution >= 0.6 is 12.2 Å². The third-order valence-electron chi connectivity index (χ3n) is 4.98. The highest BCUT2D eigenvalue weighted by atomic mass is 32.1. The lowest BCUT2D eigenvalue weighted by Crippen LogP contribution is -2.37. The molecular formula is C23H29N3O2S. The van der Waals surface area contributed by atoms with Crippen molar-refractivity contribution in [2.45, 2.75) is 52.2 Å². The second-order valence-corrected chi connectivity index (χ2v) is 8.09. The van der Waals surface area contributed by atoms with Gasteiger partial charge < -0.3 is 15.0 Å². The van der Waals surface area contributed by atoms with Crippen LogP contribution in [0.5, 0.6) is 5.75 Å². The molecule has 1 heterocycles. The van der Waals surface area contributed by atoms with Gasteiger partial charge in [0.05, 0.1) is 6.10 Å². The van der Waals surface area contributed by atoms with E-state index in [-0.39, 0.29) is 17.1 Å². The van der Waals surface area contributed by atoms with Crippen molar-refractivity contribution >= 4 is 34.6 Å². The molecule has 29 heavy (non-hydrogen) atoms. The molecule has 2 aromatic rings. The van der Waals surface area contributed by atoms with Crippen molar-refractivity contribution in [2.24, 2.45) is 0 Å². The van der Waals surface area contributed by atoms with Crippen LogP contribution in [0.2, 0.25) is 0 Å². The maximum Gasteiger partial charge on any atom is 0.257 e. The Hall–Kier alpha value is -2.60. The smallest absolute Gasteiger partial charge is 0.257 e. The van der Waals surface area contributed by atoms with Gasteiger partial charge in [-0.3, -0.25) is 10.1 Å². The molecule has 1 fully saturated rings. The lowest BCUT2D eigenvalue weighted by molar-refractivity contribution is 0.0977. The fourth-order valence-electron chi connectivity index (χ4n) is 3.51. The topological polar surface area (TPSA) is 53.6 Å². The van der Waals surface area contributed by atoms with Crippen LogP contribution in [0.3, 0.4) is 0 Å². The monoisotopic (exact) mass is 411 g/mol. The van der Waals surface area contributed by atoms with Crippen molar-refractivity contribution in [1.29, 1.82) is 0 Å². The number of amides is 1. The van der Waals surface area contributed by atoms with Gasteiger partial charge in [-0.05, 0) is 101 Å². The highest BCUT2D eigenvalue weighted by molar-refractivity contribution is 7.80. The van der Waals surface area contributed by atoms with E-state index >= 15 is 0 Å². The summed E-state index contributed by atoms with van der Waals surface area (Å²) in [6.07, 6.45) is 3.88. The number of piperidine rings is 1. The number of ether oxygens (including phenoxy) is 1. The van der Waals surface area contributed by atoms with E-state index < -0.39 is 0 Å². The summed E-state index contributed by atoms with van der Waals surface area (Å²) in [5, 5.41) is 6.07. The Morgan fingerprint density at radius 1 is 1.10 bits per heavy atom. The number of rotatable bonds is 5. The van der Waals surface area contributed by atoms with E-state index in [0.717, 1.165) is 18.0 Å². The number of nitrogens with one attached hydrogen (secondary N) is 2. The number of carbonyl (C=O) groups excluding carboxylic acids is 1. The lowest BCUT2D eigenvalue weighted by atomic mass is 10.0. The van der Waals surface area contributed by atoms with E-state index in [1.807, 2.05) is 26.0 Å². The predicted molar refractivity (Wildman–Crippen MR) is 123 cm³/mol. The molecule has 154 valence electrons. The minimum atomic E-state index is -0.252. The molecule has 0 saturated carbocycles. The second kappa shape index (κ2) is 9.74. The Morgan fingerprint density at radius 2 is 1.79 bits per heavy atom. The van der Waals surface area contributed by atoms with Crippen LogP contribution in [0, 0.1) is 0 Å². The van der Waals surface area contributed by atoms with E-state index in [0.29, 0.717) is 11.6 Å². The van der Waals surface area contributed by atoms with Crippen molar-refractivity contribution in [3.05, 3.63) is 54.1 Å². The van der Waals surface area contributed by atoms with Crippen LogP contribution in [0.25, 0.3) is 0 Å². The first kappa shape index (κ1) is 21.1. The molecule has 1 atom stereocenters. The van der Waals surface area contributed by atoms with Gasteiger partial charge in [-0.2, -0.15) is 0 Å². The van der Waals surface area contributed by atoms with E-state index in [2.05, 4.69) is 34.6 Å². The van der Waals surface area contributed by atoms with Gasteiger partial charge in [0.25, 0.3) is 5.91 Å². The molecule has 1 aliphatic rings. The molecule has 1 amide bonds. The summed E-state index contributed by atoms with van der Waals surface area (Å²) in [4.78, 5) is 14.8. The summed E-state index contributed by atoms with van der Waals surface area (Å²) in [5.41, 5.74) is 2.60. The molecule has 1 saturated heterocycles. The Bertz CT molecular complexity index is 834. The fraction of sp³-hybridized carbons (Fsp3) is 0.391. The summed E-state index contributed by atoms with van der Waals surface area (Å²) < 4.78 is 5.60. The molecule has 0 bridgehead atoms. The molecule has 5 nitrogen and oxygen atoms in total. The number of hydrogen-bond acceptors (Lipinski definition) is 4. The van der Waals surface area contributed by atoms with E-state index in [1.54, 1.807) is 24.3 Å². The van der Waals surface area contributed by atoms with E-state index in [1.165, 1.54) is 24.9 Å². The van der Waals surface area contributed by atoms with Crippen molar-refractivity contribution in [2.75, 3.05) is 16.8 Å². The quantitative estimate of drug-likeness (QED) is 0.680. The normalized spacial score (nSPS) is 16.4. The molecule has 2 N–H and O–H groups in total. The number of benzene rings is 2. The largest absolute Gasteiger partial charge is 0.491 e. The number of nitrogens with zero attached hydrogens (tertiary/aromatic N) is 1. The first-order valence-electron chi connectivity index (χ1n) is 10.2. The summed E-state index contributed by atoms with van der Waals surface area (Å²) in [6.45, 7) is 7.30. The Morgan fingerprint density at radius 3 is 2.41 bits per heavy atom. The van der Waals surface area contributed by atoms with Crippen LogP contribution in [0.1, 0.15) is 50.4 Å². The lowest BCUT2D eigenvalue weighted by Gasteiger charge is -2.35. The van der Waals surface area contributed by atoms with Crippen molar-refractivity contribution in [3.63, 3.8) is 0 Å². The maximum absolute atomic E-state index is 12.4. The zero-order chi connectivity index (χ0) is 20.8. The molecule has 1 aliphatic heterocycles. The van der Waals surface area contributed by atoms with Crippen LogP contribution in [-0.4, -0.2) is 29.7 Å². The summed E-state index contributed by atoms with van der Waals surface area (Å²) in [7, 11) is 0. The first-order chi connectivity index (χ1) is 13.9. The zero-order valence-electron chi connectivity index (χ0n) is 17.3. The van der Waals surface area contributed by atoms with Gasteiger partial charge in [-0.15, -0.1) is 0 Å². The first-order valence-corrected chi connectivity index (χ1v) is 10.6. The van der Waals surface area contributed by atoms with Crippen molar-refractivity contribution < 1.29 is 9.53 Å². The minimum absolute atomic E-state index is 0.0935. The number of carbonyl (C=O) groups is 1. The summed E-state index contributed by atoms with van der Waals surface area (Å²) in [6, 6.07) is 15.8. The molecule has 0 spiro atoms. The van der Waals surface area contributed by atoms with Crippen LogP contribution < -0.4 is 20.3 Å². The van der Waals surface area contributed by atoms with Gasteiger partial charge >= 0.3 is 0 Å². The van der Waals surface area contributed by atoms with Gasteiger partial charge in [0, 0.05) is 29.5 Å². The van der Waals surface area contributed by atoms with E-state index in [4.69, 9.17) is 17.0 Å². The molecule has 6 heteroatoms. The fourth-order valence-corrected chi connectivity index (χ4v) is 3.72. The van der Waals surface area contributed by atoms with E-state index in [9.17, 15) is 4.79 Å². The zero-order valence-corrected chi connectivity index (χ0v) is 18.1. The standard InChI is InChI=1S/C23H29N3O2S/c1-16(2)28-21-13-7-18(8-14-21)22(27)25-23(29)24-19-9-11-20(12-10-19)26-15-5-4-6-17(26)3/h7-14,16-17H,4-6,15H2,1-3H3,(H2,24,25,27,29)/t17-/m0/s1. The van der Waals surface area contributed by atoms with Gasteiger partial charge in [-0.25, -0.2) is 0 Å². The van der Waals surface area contributed by atoms with Crippen LogP contribution in [0.15, 0.2) is 48.5 Å². The molecule has 0 aromatic heterocycles. The highest BCUT2D eigenvalue weighted by Crippen LogP contribution is 2.25.